The van der Waals surface area contributed by atoms with Crippen molar-refractivity contribution in [1.29, 1.82) is 0 Å². The van der Waals surface area contributed by atoms with Crippen molar-refractivity contribution in [1.82, 2.24) is 5.32 Å². The monoisotopic (exact) mass is 251 g/mol. The molecule has 0 saturated heterocycles. The fourth-order valence-electron chi connectivity index (χ4n) is 3.90. The molecule has 1 aromatic rings. The van der Waals surface area contributed by atoms with Crippen molar-refractivity contribution in [3.05, 3.63) is 28.8 Å². The topological polar surface area (TPSA) is 21.3 Å². The van der Waals surface area contributed by atoms with E-state index >= 15 is 0 Å². The van der Waals surface area contributed by atoms with Crippen LogP contribution in [0.3, 0.4) is 0 Å². The minimum absolute atomic E-state index is 0.375. The van der Waals surface area contributed by atoms with E-state index < -0.39 is 0 Å². The van der Waals surface area contributed by atoms with Gasteiger partial charge in [-0.15, -0.1) is 0 Å². The van der Waals surface area contributed by atoms with Crippen molar-refractivity contribution in [2.24, 2.45) is 5.41 Å². The first-order valence-electron chi connectivity index (χ1n) is 6.12. The molecule has 2 nitrogen and oxygen atoms in total. The van der Waals surface area contributed by atoms with Gasteiger partial charge in [0.1, 0.15) is 5.75 Å². The number of hydrogen-bond donors (Lipinski definition) is 1. The molecular formula is C14H18ClNO. The summed E-state index contributed by atoms with van der Waals surface area (Å²) in [5.74, 6) is 0.843. The van der Waals surface area contributed by atoms with E-state index in [9.17, 15) is 0 Å². The zero-order valence-electron chi connectivity index (χ0n) is 10.3. The molecule has 0 aromatic heterocycles. The van der Waals surface area contributed by atoms with Crippen LogP contribution in [0.5, 0.6) is 5.75 Å². The van der Waals surface area contributed by atoms with Gasteiger partial charge < -0.3 is 10.1 Å². The molecule has 0 heterocycles. The van der Waals surface area contributed by atoms with Gasteiger partial charge in [-0.3, -0.25) is 0 Å². The Morgan fingerprint density at radius 1 is 1.35 bits per heavy atom. The number of ether oxygens (including phenoxy) is 1. The van der Waals surface area contributed by atoms with Crippen LogP contribution < -0.4 is 10.1 Å². The maximum absolute atomic E-state index is 6.36. The highest BCUT2D eigenvalue weighted by Gasteiger charge is 2.67. The maximum Gasteiger partial charge on any atom is 0.120 e. The fraction of sp³-hybridized carbons (Fsp3) is 0.571. The summed E-state index contributed by atoms with van der Waals surface area (Å²) in [6.45, 7) is 1.14. The third-order valence-corrected chi connectivity index (χ3v) is 4.75. The second-order valence-electron chi connectivity index (χ2n) is 5.69. The lowest BCUT2D eigenvalue weighted by Gasteiger charge is -2.71. The summed E-state index contributed by atoms with van der Waals surface area (Å²) >= 11 is 6.36. The molecule has 0 aliphatic heterocycles. The molecule has 2 bridgehead atoms. The van der Waals surface area contributed by atoms with Crippen molar-refractivity contribution in [3.8, 4) is 5.75 Å². The van der Waals surface area contributed by atoms with Gasteiger partial charge in [-0.25, -0.2) is 0 Å². The Morgan fingerprint density at radius 2 is 2.06 bits per heavy atom. The van der Waals surface area contributed by atoms with E-state index in [-0.39, 0.29) is 0 Å². The average Bonchev–Trinajstić information content (AvgIpc) is 2.22. The summed E-state index contributed by atoms with van der Waals surface area (Å²) in [5, 5.41) is 4.16. The molecule has 17 heavy (non-hydrogen) atoms. The van der Waals surface area contributed by atoms with E-state index in [1.54, 1.807) is 7.11 Å². The minimum atomic E-state index is 0.375. The van der Waals surface area contributed by atoms with Gasteiger partial charge in [-0.1, -0.05) is 17.7 Å². The summed E-state index contributed by atoms with van der Waals surface area (Å²) in [6, 6.07) is 6.10. The van der Waals surface area contributed by atoms with Gasteiger partial charge in [0, 0.05) is 11.6 Å². The number of nitrogens with one attached hydrogen (secondary N) is 1. The van der Waals surface area contributed by atoms with Crippen LogP contribution in [-0.4, -0.2) is 20.7 Å². The number of methoxy groups -OCH3 is 1. The Bertz CT molecular complexity index is 438. The molecule has 0 amide bonds. The van der Waals surface area contributed by atoms with Gasteiger partial charge in [0.05, 0.1) is 7.11 Å². The highest BCUT2D eigenvalue weighted by Crippen LogP contribution is 2.74. The maximum atomic E-state index is 6.36. The third-order valence-electron chi connectivity index (χ3n) is 4.44. The normalized spacial score (nSPS) is 33.8. The summed E-state index contributed by atoms with van der Waals surface area (Å²) in [6.07, 6.45) is 3.85. The lowest BCUT2D eigenvalue weighted by atomic mass is 9.33. The molecule has 0 radical (unpaired) electrons. The summed E-state index contributed by atoms with van der Waals surface area (Å²) in [7, 11) is 3.71. The molecule has 3 aliphatic carbocycles. The number of hydrogen-bond acceptors (Lipinski definition) is 2. The highest BCUT2D eigenvalue weighted by molar-refractivity contribution is 6.31. The molecular weight excluding hydrogens is 234 g/mol. The van der Waals surface area contributed by atoms with Crippen molar-refractivity contribution in [2.45, 2.75) is 24.7 Å². The largest absolute Gasteiger partial charge is 0.497 e. The van der Waals surface area contributed by atoms with Gasteiger partial charge in [0.25, 0.3) is 0 Å². The first kappa shape index (κ1) is 11.4. The molecule has 0 spiro atoms. The molecule has 0 atom stereocenters. The lowest BCUT2D eigenvalue weighted by molar-refractivity contribution is -0.136. The van der Waals surface area contributed by atoms with Gasteiger partial charge >= 0.3 is 0 Å². The van der Waals surface area contributed by atoms with Crippen LogP contribution in [-0.2, 0) is 5.41 Å². The van der Waals surface area contributed by atoms with Crippen LogP contribution in [0.15, 0.2) is 18.2 Å². The highest BCUT2D eigenvalue weighted by atomic mass is 35.5. The molecule has 1 N–H and O–H groups in total. The van der Waals surface area contributed by atoms with E-state index in [4.69, 9.17) is 16.3 Å². The molecule has 3 heteroatoms. The van der Waals surface area contributed by atoms with Crippen LogP contribution in [0.1, 0.15) is 24.8 Å². The summed E-state index contributed by atoms with van der Waals surface area (Å²) in [5.41, 5.74) is 2.26. The summed E-state index contributed by atoms with van der Waals surface area (Å²) < 4.78 is 5.19. The first-order chi connectivity index (χ1) is 8.13. The van der Waals surface area contributed by atoms with Crippen LogP contribution in [0.2, 0.25) is 5.02 Å². The molecule has 4 rings (SSSR count). The number of halogens is 1. The van der Waals surface area contributed by atoms with Crippen molar-refractivity contribution in [2.75, 3.05) is 20.7 Å². The first-order valence-corrected chi connectivity index (χ1v) is 6.50. The van der Waals surface area contributed by atoms with Crippen molar-refractivity contribution >= 4 is 11.6 Å². The zero-order valence-corrected chi connectivity index (χ0v) is 11.1. The van der Waals surface area contributed by atoms with Crippen LogP contribution in [0.4, 0.5) is 0 Å². The Hall–Kier alpha value is -0.730. The lowest BCUT2D eigenvalue weighted by Crippen LogP contribution is -2.67. The molecule has 0 unspecified atom stereocenters. The second kappa shape index (κ2) is 3.63. The molecule has 3 aliphatic rings. The van der Waals surface area contributed by atoms with E-state index in [1.165, 1.54) is 24.8 Å². The molecule has 92 valence electrons. The van der Waals surface area contributed by atoms with E-state index in [2.05, 4.69) is 11.4 Å². The Labute approximate surface area is 107 Å². The standard InChI is InChI=1S/C14H18ClNO/c1-16-9-13-6-14(7-13,8-13)11-4-3-10(17-2)5-12(11)15/h3-5,16H,6-9H2,1-2H3. The number of benzene rings is 1. The second-order valence-corrected chi connectivity index (χ2v) is 6.09. The van der Waals surface area contributed by atoms with Crippen LogP contribution in [0.25, 0.3) is 0 Å². The van der Waals surface area contributed by atoms with Crippen LogP contribution in [0, 0.1) is 5.41 Å². The minimum Gasteiger partial charge on any atom is -0.497 e. The van der Waals surface area contributed by atoms with Gasteiger partial charge in [-0.2, -0.15) is 0 Å². The Kier molecular flexibility index (Phi) is 2.43. The van der Waals surface area contributed by atoms with Gasteiger partial charge in [0.2, 0.25) is 0 Å². The Balaban J connectivity index is 1.80. The quantitative estimate of drug-likeness (QED) is 0.888. The van der Waals surface area contributed by atoms with E-state index in [0.29, 0.717) is 10.8 Å². The predicted octanol–water partition coefficient (Wildman–Crippen LogP) is 2.99. The molecule has 1 aromatic carbocycles. The summed E-state index contributed by atoms with van der Waals surface area (Å²) in [4.78, 5) is 0. The van der Waals surface area contributed by atoms with Gasteiger partial charge in [-0.05, 0) is 54.8 Å². The molecule has 3 saturated carbocycles. The van der Waals surface area contributed by atoms with Crippen molar-refractivity contribution < 1.29 is 4.74 Å². The van der Waals surface area contributed by atoms with Gasteiger partial charge in [0.15, 0.2) is 0 Å². The molecule has 3 fully saturated rings. The Morgan fingerprint density at radius 3 is 2.59 bits per heavy atom. The third kappa shape index (κ3) is 1.50. The smallest absolute Gasteiger partial charge is 0.120 e. The van der Waals surface area contributed by atoms with Crippen LogP contribution >= 0.6 is 11.6 Å². The predicted molar refractivity (Wildman–Crippen MR) is 69.9 cm³/mol. The zero-order chi connectivity index (χ0) is 12.1. The van der Waals surface area contributed by atoms with E-state index in [0.717, 1.165) is 17.3 Å². The SMILES string of the molecule is CNCC12CC(c3ccc(OC)cc3Cl)(C1)C2. The number of rotatable bonds is 4. The fourth-order valence-corrected chi connectivity index (χ4v) is 4.27. The van der Waals surface area contributed by atoms with E-state index in [1.807, 2.05) is 19.2 Å². The average molecular weight is 252 g/mol. The van der Waals surface area contributed by atoms with Crippen molar-refractivity contribution in [3.63, 3.8) is 0 Å².